The fraction of sp³-hybridized carbons (Fsp3) is 0.714. The molecule has 2 fully saturated rings. The fourth-order valence-corrected chi connectivity index (χ4v) is 6.32. The summed E-state index contributed by atoms with van der Waals surface area (Å²) in [5.41, 5.74) is 2.33. The van der Waals surface area contributed by atoms with Crippen LogP contribution in [0.5, 0.6) is 5.75 Å². The van der Waals surface area contributed by atoms with Gasteiger partial charge < -0.3 is 24.8 Å². The number of ether oxygens (including phenoxy) is 2. The number of hydrogen-bond donors (Lipinski definition) is 3. The minimum atomic E-state index is -0.842. The molecule has 7 heteroatoms. The van der Waals surface area contributed by atoms with Crippen LogP contribution in [0.4, 0.5) is 0 Å². The summed E-state index contributed by atoms with van der Waals surface area (Å²) in [5, 5.41) is 30.1. The van der Waals surface area contributed by atoms with E-state index in [2.05, 4.69) is 13.0 Å². The molecule has 0 spiro atoms. The summed E-state index contributed by atoms with van der Waals surface area (Å²) >= 11 is 0. The molecule has 2 saturated carbocycles. The number of carbonyl (C=O) groups is 2. The van der Waals surface area contributed by atoms with Crippen LogP contribution in [0.3, 0.4) is 0 Å². The van der Waals surface area contributed by atoms with E-state index in [0.29, 0.717) is 30.4 Å². The van der Waals surface area contributed by atoms with Gasteiger partial charge in [0.2, 0.25) is 0 Å². The van der Waals surface area contributed by atoms with E-state index < -0.39 is 17.9 Å². The number of carbonyl (C=O) groups excluding carboxylic acids is 1. The average molecular weight is 489 g/mol. The van der Waals surface area contributed by atoms with Crippen molar-refractivity contribution in [3.05, 3.63) is 29.3 Å². The molecule has 0 bridgehead atoms. The van der Waals surface area contributed by atoms with Crippen molar-refractivity contribution in [3.63, 3.8) is 0 Å². The summed E-state index contributed by atoms with van der Waals surface area (Å²) in [6.07, 6.45) is 8.07. The molecule has 3 N–H and O–H groups in total. The van der Waals surface area contributed by atoms with E-state index in [9.17, 15) is 19.8 Å². The highest BCUT2D eigenvalue weighted by molar-refractivity contribution is 5.73. The molecule has 1 aromatic rings. The Morgan fingerprint density at radius 2 is 1.91 bits per heavy atom. The van der Waals surface area contributed by atoms with Gasteiger partial charge in [-0.25, -0.2) is 4.79 Å². The van der Waals surface area contributed by atoms with E-state index in [1.807, 2.05) is 12.1 Å². The Morgan fingerprint density at radius 1 is 1.11 bits per heavy atom. The van der Waals surface area contributed by atoms with Gasteiger partial charge in [0, 0.05) is 0 Å². The van der Waals surface area contributed by atoms with E-state index in [-0.39, 0.29) is 30.8 Å². The van der Waals surface area contributed by atoms with Gasteiger partial charge in [-0.05, 0) is 86.3 Å². The van der Waals surface area contributed by atoms with Crippen molar-refractivity contribution in [2.45, 2.75) is 95.9 Å². The molecule has 0 saturated heterocycles. The van der Waals surface area contributed by atoms with Crippen LogP contribution in [0.1, 0.15) is 75.8 Å². The maximum absolute atomic E-state index is 12.2. The molecular formula is C28H40O7. The largest absolute Gasteiger partial charge is 0.482 e. The molecule has 3 aliphatic carbocycles. The molecule has 3 aliphatic rings. The van der Waals surface area contributed by atoms with Crippen molar-refractivity contribution in [3.8, 4) is 5.75 Å². The third-order valence-electron chi connectivity index (χ3n) is 8.41. The Bertz CT molecular complexity index is 878. The quantitative estimate of drug-likeness (QED) is 0.302. The lowest BCUT2D eigenvalue weighted by atomic mass is 9.73. The monoisotopic (exact) mass is 488 g/mol. The standard InChI is InChI=1S/C28H40O7/c1-2-3-4-7-20(29)9-10-22-23-13-17-6-5-8-26(24(17)14-18(23)15-25(22)30)34-16-27(31)35-21-11-19(12-21)28(32)33/h5-6,8,18-23,25,29-30H,2-4,7,9-16H2,1H3,(H,32,33)/t18-,19?,20-,21?,22+,23-,25+/m0/s1. The maximum atomic E-state index is 12.2. The first kappa shape index (κ1) is 26.0. The average Bonchev–Trinajstić information content (AvgIpc) is 3.10. The predicted molar refractivity (Wildman–Crippen MR) is 130 cm³/mol. The van der Waals surface area contributed by atoms with E-state index >= 15 is 0 Å². The Morgan fingerprint density at radius 3 is 2.66 bits per heavy atom. The third kappa shape index (κ3) is 6.36. The summed E-state index contributed by atoms with van der Waals surface area (Å²) in [4.78, 5) is 23.1. The summed E-state index contributed by atoms with van der Waals surface area (Å²) < 4.78 is 11.2. The van der Waals surface area contributed by atoms with Gasteiger partial charge in [-0.3, -0.25) is 4.79 Å². The second-order valence-corrected chi connectivity index (χ2v) is 10.8. The Balaban J connectivity index is 1.30. The zero-order valence-electron chi connectivity index (χ0n) is 20.7. The lowest BCUT2D eigenvalue weighted by Crippen LogP contribution is -2.38. The number of carboxylic acid groups (broad SMARTS) is 1. The van der Waals surface area contributed by atoms with Crippen molar-refractivity contribution in [1.82, 2.24) is 0 Å². The predicted octanol–water partition coefficient (Wildman–Crippen LogP) is 3.91. The summed E-state index contributed by atoms with van der Waals surface area (Å²) in [7, 11) is 0. The first-order valence-electron chi connectivity index (χ1n) is 13.4. The van der Waals surface area contributed by atoms with Crippen molar-refractivity contribution in [2.24, 2.45) is 23.7 Å². The molecule has 7 nitrogen and oxygen atoms in total. The molecular weight excluding hydrogens is 448 g/mol. The molecule has 0 aliphatic heterocycles. The highest BCUT2D eigenvalue weighted by Crippen LogP contribution is 2.48. The van der Waals surface area contributed by atoms with Gasteiger partial charge in [0.1, 0.15) is 11.9 Å². The number of rotatable bonds is 12. The first-order chi connectivity index (χ1) is 16.9. The molecule has 35 heavy (non-hydrogen) atoms. The lowest BCUT2D eigenvalue weighted by Gasteiger charge is -2.33. The fourth-order valence-electron chi connectivity index (χ4n) is 6.32. The number of aliphatic hydroxyl groups is 2. The van der Waals surface area contributed by atoms with Gasteiger partial charge in [0.15, 0.2) is 6.61 Å². The van der Waals surface area contributed by atoms with Gasteiger partial charge in [-0.1, -0.05) is 38.3 Å². The number of aliphatic carboxylic acids is 1. The molecule has 1 aromatic carbocycles. The zero-order valence-corrected chi connectivity index (χ0v) is 20.7. The van der Waals surface area contributed by atoms with E-state index in [0.717, 1.165) is 63.4 Å². The van der Waals surface area contributed by atoms with Crippen molar-refractivity contribution < 1.29 is 34.4 Å². The number of unbranched alkanes of at least 4 members (excludes halogenated alkanes) is 2. The molecule has 0 radical (unpaired) electrons. The highest BCUT2D eigenvalue weighted by atomic mass is 16.6. The molecule has 4 rings (SSSR count). The second kappa shape index (κ2) is 11.7. The number of benzene rings is 1. The SMILES string of the molecule is CCCCC[C@H](O)CC[C@@H]1[C@H]2Cc3cccc(OCC(=O)OC4CC(C(=O)O)C4)c3C[C@H]2C[C@H]1O. The Labute approximate surface area is 207 Å². The van der Waals surface area contributed by atoms with Gasteiger partial charge in [0.05, 0.1) is 18.1 Å². The van der Waals surface area contributed by atoms with Crippen LogP contribution in [0.15, 0.2) is 18.2 Å². The number of carboxylic acids is 1. The third-order valence-corrected chi connectivity index (χ3v) is 8.41. The maximum Gasteiger partial charge on any atom is 0.344 e. The lowest BCUT2D eigenvalue weighted by molar-refractivity contribution is -0.165. The second-order valence-electron chi connectivity index (χ2n) is 10.8. The van der Waals surface area contributed by atoms with Gasteiger partial charge in [-0.15, -0.1) is 0 Å². The summed E-state index contributed by atoms with van der Waals surface area (Å²) in [6, 6.07) is 5.94. The molecule has 0 aromatic heterocycles. The van der Waals surface area contributed by atoms with Gasteiger partial charge >= 0.3 is 11.9 Å². The highest BCUT2D eigenvalue weighted by Gasteiger charge is 2.45. The van der Waals surface area contributed by atoms with Crippen LogP contribution in [-0.4, -0.2) is 52.2 Å². The summed E-state index contributed by atoms with van der Waals surface area (Å²) in [6.45, 7) is 1.97. The topological polar surface area (TPSA) is 113 Å². The number of aliphatic hydroxyl groups excluding tert-OH is 2. The van der Waals surface area contributed by atoms with Crippen molar-refractivity contribution >= 4 is 11.9 Å². The van der Waals surface area contributed by atoms with Crippen molar-refractivity contribution in [1.29, 1.82) is 0 Å². The molecule has 0 amide bonds. The summed E-state index contributed by atoms with van der Waals surface area (Å²) in [5.74, 6) is -0.0487. The molecule has 0 heterocycles. The minimum absolute atomic E-state index is 0.194. The van der Waals surface area contributed by atoms with E-state index in [1.165, 1.54) is 5.56 Å². The van der Waals surface area contributed by atoms with E-state index in [1.54, 1.807) is 0 Å². The normalized spacial score (nSPS) is 30.0. The Kier molecular flexibility index (Phi) is 8.71. The van der Waals surface area contributed by atoms with Crippen LogP contribution in [-0.2, 0) is 27.2 Å². The molecule has 5 atom stereocenters. The minimum Gasteiger partial charge on any atom is -0.482 e. The van der Waals surface area contributed by atoms with Crippen LogP contribution in [0, 0.1) is 23.7 Å². The number of fused-ring (bicyclic) bond motifs is 2. The smallest absolute Gasteiger partial charge is 0.344 e. The van der Waals surface area contributed by atoms with Gasteiger partial charge in [-0.2, -0.15) is 0 Å². The number of hydrogen-bond acceptors (Lipinski definition) is 6. The van der Waals surface area contributed by atoms with Crippen LogP contribution >= 0.6 is 0 Å². The van der Waals surface area contributed by atoms with Gasteiger partial charge in [0.25, 0.3) is 0 Å². The first-order valence-corrected chi connectivity index (χ1v) is 13.4. The molecule has 194 valence electrons. The zero-order chi connectivity index (χ0) is 24.9. The van der Waals surface area contributed by atoms with Crippen LogP contribution < -0.4 is 4.74 Å². The van der Waals surface area contributed by atoms with Crippen LogP contribution in [0.25, 0.3) is 0 Å². The van der Waals surface area contributed by atoms with Crippen molar-refractivity contribution in [2.75, 3.05) is 6.61 Å². The number of esters is 1. The molecule has 0 unspecified atom stereocenters. The van der Waals surface area contributed by atoms with E-state index in [4.69, 9.17) is 14.6 Å². The Hall–Kier alpha value is -2.12. The van der Waals surface area contributed by atoms with Crippen LogP contribution in [0.2, 0.25) is 0 Å².